The van der Waals surface area contributed by atoms with Gasteiger partial charge in [-0.2, -0.15) is 0 Å². The summed E-state index contributed by atoms with van der Waals surface area (Å²) in [6.45, 7) is 8.29. The van der Waals surface area contributed by atoms with Crippen LogP contribution in [-0.4, -0.2) is 24.0 Å². The molecule has 0 saturated carbocycles. The average Bonchev–Trinajstić information content (AvgIpc) is 2.37. The quantitative estimate of drug-likeness (QED) is 0.610. The van der Waals surface area contributed by atoms with Crippen molar-refractivity contribution < 1.29 is 9.53 Å². The minimum absolute atomic E-state index is 0.364. The van der Waals surface area contributed by atoms with E-state index in [1.807, 2.05) is 32.5 Å². The van der Waals surface area contributed by atoms with E-state index in [1.165, 1.54) is 10.5 Å². The number of rotatable bonds is 6. The molecule has 3 nitrogen and oxygen atoms in total. The number of carbonyl (C=O) groups excluding carboxylic acids is 1. The van der Waals surface area contributed by atoms with Gasteiger partial charge in [0.2, 0.25) is 0 Å². The Hall–Kier alpha value is -1.42. The van der Waals surface area contributed by atoms with E-state index in [4.69, 9.17) is 4.74 Å². The van der Waals surface area contributed by atoms with E-state index >= 15 is 0 Å². The summed E-state index contributed by atoms with van der Waals surface area (Å²) in [5.74, 6) is 1.08. The Balaban J connectivity index is 2.32. The van der Waals surface area contributed by atoms with E-state index in [0.717, 1.165) is 12.2 Å². The van der Waals surface area contributed by atoms with Gasteiger partial charge in [-0.1, -0.05) is 31.2 Å². The summed E-state index contributed by atoms with van der Waals surface area (Å²) in [5, 5.41) is 2.74. The molecule has 1 N–H and O–H groups in total. The maximum atomic E-state index is 11.4. The first kappa shape index (κ1) is 17.6. The van der Waals surface area contributed by atoms with Crippen LogP contribution in [0.3, 0.4) is 0 Å². The van der Waals surface area contributed by atoms with Crippen molar-refractivity contribution in [3.63, 3.8) is 0 Å². The molecule has 0 heterocycles. The third kappa shape index (κ3) is 8.45. The van der Waals surface area contributed by atoms with Gasteiger partial charge in [-0.15, -0.1) is 11.8 Å². The van der Waals surface area contributed by atoms with E-state index in [2.05, 4.69) is 48.7 Å². The van der Waals surface area contributed by atoms with Gasteiger partial charge in [0.15, 0.2) is 0 Å². The minimum atomic E-state index is -0.447. The number of hydrogen-bond acceptors (Lipinski definition) is 3. The van der Waals surface area contributed by atoms with Gasteiger partial charge in [-0.25, -0.2) is 4.79 Å². The molecule has 0 radical (unpaired) electrons. The van der Waals surface area contributed by atoms with Crippen molar-refractivity contribution in [3.8, 4) is 0 Å². The number of carbonyl (C=O) groups is 1. The summed E-state index contributed by atoms with van der Waals surface area (Å²) in [6, 6.07) is 8.44. The summed E-state index contributed by atoms with van der Waals surface area (Å²) in [5.41, 5.74) is 0.739. The molecule has 0 fully saturated rings. The third-order valence-corrected chi connectivity index (χ3v) is 3.33. The molecule has 0 aliphatic heterocycles. The standard InChI is InChI=1S/C17H25NO2S/c1-5-21-15-11-8-10-14(13-15)9-6-7-12-18-16(19)20-17(2,3)4/h6,8-11,13H,5,7,12H2,1-4H3,(H,18,19). The van der Waals surface area contributed by atoms with Crippen LogP contribution in [0, 0.1) is 0 Å². The Labute approximate surface area is 132 Å². The Morgan fingerprint density at radius 2 is 2.14 bits per heavy atom. The van der Waals surface area contributed by atoms with E-state index < -0.39 is 5.60 Å². The summed E-state index contributed by atoms with van der Waals surface area (Å²) in [7, 11) is 0. The van der Waals surface area contributed by atoms with Crippen molar-refractivity contribution in [1.29, 1.82) is 0 Å². The molecule has 0 bridgehead atoms. The van der Waals surface area contributed by atoms with Crippen molar-refractivity contribution in [1.82, 2.24) is 5.32 Å². The Morgan fingerprint density at radius 3 is 2.81 bits per heavy atom. The highest BCUT2D eigenvalue weighted by atomic mass is 32.2. The maximum absolute atomic E-state index is 11.4. The Kier molecular flexibility index (Phi) is 7.37. The number of alkyl carbamates (subject to hydrolysis) is 1. The lowest BCUT2D eigenvalue weighted by atomic mass is 10.2. The summed E-state index contributed by atoms with van der Waals surface area (Å²) in [6.07, 6.45) is 4.56. The van der Waals surface area contributed by atoms with Crippen LogP contribution in [0.2, 0.25) is 0 Å². The van der Waals surface area contributed by atoms with Gasteiger partial charge in [0.05, 0.1) is 0 Å². The zero-order chi connectivity index (χ0) is 15.7. The van der Waals surface area contributed by atoms with E-state index in [0.29, 0.717) is 6.54 Å². The van der Waals surface area contributed by atoms with Gasteiger partial charge in [0.25, 0.3) is 0 Å². The van der Waals surface area contributed by atoms with E-state index in [9.17, 15) is 4.79 Å². The van der Waals surface area contributed by atoms with Crippen molar-refractivity contribution in [2.45, 2.75) is 44.6 Å². The number of benzene rings is 1. The van der Waals surface area contributed by atoms with Crippen LogP contribution in [0.25, 0.3) is 6.08 Å². The number of nitrogens with one attached hydrogen (secondary N) is 1. The molecule has 1 amide bonds. The zero-order valence-electron chi connectivity index (χ0n) is 13.3. The lowest BCUT2D eigenvalue weighted by molar-refractivity contribution is 0.0529. The fourth-order valence-electron chi connectivity index (χ4n) is 1.67. The molecule has 0 aliphatic rings. The van der Waals surface area contributed by atoms with Crippen LogP contribution in [0.4, 0.5) is 4.79 Å². The monoisotopic (exact) mass is 307 g/mol. The average molecular weight is 307 g/mol. The van der Waals surface area contributed by atoms with E-state index in [-0.39, 0.29) is 6.09 Å². The summed E-state index contributed by atoms with van der Waals surface area (Å²) < 4.78 is 5.17. The predicted octanol–water partition coefficient (Wildman–Crippen LogP) is 4.73. The second-order valence-electron chi connectivity index (χ2n) is 5.63. The van der Waals surface area contributed by atoms with E-state index in [1.54, 1.807) is 0 Å². The molecule has 0 atom stereocenters. The minimum Gasteiger partial charge on any atom is -0.444 e. The van der Waals surface area contributed by atoms with Crippen LogP contribution in [0.1, 0.15) is 39.7 Å². The first-order chi connectivity index (χ1) is 9.90. The molecule has 1 aromatic rings. The molecule has 1 aromatic carbocycles. The third-order valence-electron chi connectivity index (χ3n) is 2.46. The normalized spacial score (nSPS) is 11.6. The highest BCUT2D eigenvalue weighted by molar-refractivity contribution is 7.99. The van der Waals surface area contributed by atoms with Crippen LogP contribution in [0.15, 0.2) is 35.2 Å². The Morgan fingerprint density at radius 1 is 1.38 bits per heavy atom. The maximum Gasteiger partial charge on any atom is 0.407 e. The zero-order valence-corrected chi connectivity index (χ0v) is 14.1. The smallest absolute Gasteiger partial charge is 0.407 e. The van der Waals surface area contributed by atoms with Crippen molar-refractivity contribution >= 4 is 23.9 Å². The number of ether oxygens (including phenoxy) is 1. The molecule has 0 saturated heterocycles. The second kappa shape index (κ2) is 8.78. The molecule has 116 valence electrons. The lowest BCUT2D eigenvalue weighted by Gasteiger charge is -2.19. The first-order valence-electron chi connectivity index (χ1n) is 7.27. The van der Waals surface area contributed by atoms with Gasteiger partial charge in [-0.3, -0.25) is 0 Å². The molecule has 0 aliphatic carbocycles. The fourth-order valence-corrected chi connectivity index (χ4v) is 2.39. The highest BCUT2D eigenvalue weighted by Gasteiger charge is 2.15. The molecule has 21 heavy (non-hydrogen) atoms. The SMILES string of the molecule is CCSc1cccc(C=CCCNC(=O)OC(C)(C)C)c1. The second-order valence-corrected chi connectivity index (χ2v) is 6.96. The van der Waals surface area contributed by atoms with Gasteiger partial charge < -0.3 is 10.1 Å². The summed E-state index contributed by atoms with van der Waals surface area (Å²) >= 11 is 1.83. The van der Waals surface area contributed by atoms with Crippen LogP contribution in [0.5, 0.6) is 0 Å². The largest absolute Gasteiger partial charge is 0.444 e. The number of amides is 1. The van der Waals surface area contributed by atoms with Crippen LogP contribution >= 0.6 is 11.8 Å². The first-order valence-corrected chi connectivity index (χ1v) is 8.25. The topological polar surface area (TPSA) is 38.3 Å². The molecular weight excluding hydrogens is 282 g/mol. The summed E-state index contributed by atoms with van der Waals surface area (Å²) in [4.78, 5) is 12.7. The van der Waals surface area contributed by atoms with Crippen LogP contribution in [-0.2, 0) is 4.74 Å². The van der Waals surface area contributed by atoms with Crippen LogP contribution < -0.4 is 5.32 Å². The molecular formula is C17H25NO2S. The number of hydrogen-bond donors (Lipinski definition) is 1. The molecule has 0 aromatic heterocycles. The fraction of sp³-hybridized carbons (Fsp3) is 0.471. The molecule has 1 rings (SSSR count). The molecule has 0 unspecified atom stereocenters. The highest BCUT2D eigenvalue weighted by Crippen LogP contribution is 2.19. The van der Waals surface area contributed by atoms with Gasteiger partial charge in [-0.05, 0) is 50.6 Å². The van der Waals surface area contributed by atoms with Crippen molar-refractivity contribution in [2.75, 3.05) is 12.3 Å². The predicted molar refractivity (Wildman–Crippen MR) is 90.7 cm³/mol. The van der Waals surface area contributed by atoms with Crippen molar-refractivity contribution in [2.24, 2.45) is 0 Å². The lowest BCUT2D eigenvalue weighted by Crippen LogP contribution is -2.32. The van der Waals surface area contributed by atoms with Gasteiger partial charge in [0.1, 0.15) is 5.60 Å². The van der Waals surface area contributed by atoms with Gasteiger partial charge in [0, 0.05) is 11.4 Å². The number of thioether (sulfide) groups is 1. The molecule has 4 heteroatoms. The van der Waals surface area contributed by atoms with Gasteiger partial charge >= 0.3 is 6.09 Å². The molecule has 0 spiro atoms. The Bertz CT molecular complexity index is 478. The van der Waals surface area contributed by atoms with Crippen molar-refractivity contribution in [3.05, 3.63) is 35.9 Å².